The summed E-state index contributed by atoms with van der Waals surface area (Å²) in [5, 5.41) is 0. The average Bonchev–Trinajstić information content (AvgIpc) is 1.61. The maximum absolute atomic E-state index is 5.85. The van der Waals surface area contributed by atoms with Crippen LogP contribution in [0.25, 0.3) is 0 Å². The Labute approximate surface area is 56.6 Å². The molecular weight excluding hydrogens is 112 g/mol. The van der Waals surface area contributed by atoms with E-state index < -0.39 is 0 Å². The first-order chi connectivity index (χ1) is 3.97. The second-order valence-corrected chi connectivity index (χ2v) is 4.08. The molecule has 1 aliphatic carbocycles. The van der Waals surface area contributed by atoms with Crippen LogP contribution in [0.2, 0.25) is 0 Å². The van der Waals surface area contributed by atoms with Crippen LogP contribution in [0.15, 0.2) is 0 Å². The van der Waals surface area contributed by atoms with Gasteiger partial charge in [0.25, 0.3) is 0 Å². The number of hydrogen-bond acceptors (Lipinski definition) is 2. The summed E-state index contributed by atoms with van der Waals surface area (Å²) in [7, 11) is 0. The third-order valence-corrected chi connectivity index (χ3v) is 2.07. The van der Waals surface area contributed by atoms with Gasteiger partial charge in [0.15, 0.2) is 0 Å². The molecular formula is C7H16N2. The molecule has 0 aromatic rings. The van der Waals surface area contributed by atoms with Crippen molar-refractivity contribution in [3.05, 3.63) is 0 Å². The fraction of sp³-hybridized carbons (Fsp3) is 1.00. The smallest absolute Gasteiger partial charge is 0.0288 e. The summed E-state index contributed by atoms with van der Waals surface area (Å²) in [6.07, 6.45) is 2.16. The van der Waals surface area contributed by atoms with Gasteiger partial charge in [-0.15, -0.1) is 0 Å². The monoisotopic (exact) mass is 128 g/mol. The summed E-state index contributed by atoms with van der Waals surface area (Å²) >= 11 is 0. The molecule has 0 aromatic heterocycles. The molecule has 0 amide bonds. The van der Waals surface area contributed by atoms with Gasteiger partial charge in [0.1, 0.15) is 0 Å². The standard InChI is InChI=1S/C7H16N2/c1-6(2)3-7(9,4-6)5-8/h3-5,8-9H2,1-2H3. The second kappa shape index (κ2) is 1.70. The van der Waals surface area contributed by atoms with Gasteiger partial charge in [-0.25, -0.2) is 0 Å². The van der Waals surface area contributed by atoms with Crippen molar-refractivity contribution in [2.75, 3.05) is 6.54 Å². The van der Waals surface area contributed by atoms with Gasteiger partial charge < -0.3 is 11.5 Å². The Balaban J connectivity index is 2.41. The molecule has 0 spiro atoms. The molecule has 1 rings (SSSR count). The van der Waals surface area contributed by atoms with Crippen LogP contribution < -0.4 is 11.5 Å². The number of rotatable bonds is 1. The minimum absolute atomic E-state index is 0.0243. The van der Waals surface area contributed by atoms with Crippen LogP contribution in [0.3, 0.4) is 0 Å². The average molecular weight is 128 g/mol. The molecule has 0 unspecified atom stereocenters. The maximum atomic E-state index is 5.85. The first kappa shape index (κ1) is 7.03. The molecule has 54 valence electrons. The lowest BCUT2D eigenvalue weighted by Crippen LogP contribution is -2.60. The van der Waals surface area contributed by atoms with Crippen molar-refractivity contribution in [3.8, 4) is 0 Å². The van der Waals surface area contributed by atoms with Gasteiger partial charge in [-0.3, -0.25) is 0 Å². The van der Waals surface area contributed by atoms with E-state index in [9.17, 15) is 0 Å². The van der Waals surface area contributed by atoms with Crippen LogP contribution in [0.5, 0.6) is 0 Å². The lowest BCUT2D eigenvalue weighted by atomic mass is 9.60. The van der Waals surface area contributed by atoms with Crippen molar-refractivity contribution >= 4 is 0 Å². The summed E-state index contributed by atoms with van der Waals surface area (Å²) in [6.45, 7) is 5.10. The predicted octanol–water partition coefficient (Wildman–Crippen LogP) is 0.463. The van der Waals surface area contributed by atoms with E-state index in [0.717, 1.165) is 12.8 Å². The Bertz CT molecular complexity index is 110. The highest BCUT2D eigenvalue weighted by Crippen LogP contribution is 2.45. The molecule has 0 atom stereocenters. The van der Waals surface area contributed by atoms with Crippen molar-refractivity contribution in [1.82, 2.24) is 0 Å². The molecule has 0 heterocycles. The van der Waals surface area contributed by atoms with Gasteiger partial charge in [-0.05, 0) is 18.3 Å². The third-order valence-electron chi connectivity index (χ3n) is 2.07. The number of hydrogen-bond donors (Lipinski definition) is 2. The van der Waals surface area contributed by atoms with Gasteiger partial charge in [-0.1, -0.05) is 13.8 Å². The lowest BCUT2D eigenvalue weighted by Gasteiger charge is -2.50. The Morgan fingerprint density at radius 1 is 1.33 bits per heavy atom. The van der Waals surface area contributed by atoms with Gasteiger partial charge >= 0.3 is 0 Å². The molecule has 9 heavy (non-hydrogen) atoms. The van der Waals surface area contributed by atoms with E-state index in [1.807, 2.05) is 0 Å². The zero-order chi connectivity index (χ0) is 7.12. The van der Waals surface area contributed by atoms with Gasteiger partial charge in [0.2, 0.25) is 0 Å². The van der Waals surface area contributed by atoms with Crippen molar-refractivity contribution in [1.29, 1.82) is 0 Å². The minimum Gasteiger partial charge on any atom is -0.329 e. The highest BCUT2D eigenvalue weighted by atomic mass is 14.9. The molecule has 0 aromatic carbocycles. The first-order valence-electron chi connectivity index (χ1n) is 3.46. The zero-order valence-electron chi connectivity index (χ0n) is 6.28. The fourth-order valence-electron chi connectivity index (χ4n) is 2.00. The fourth-order valence-corrected chi connectivity index (χ4v) is 2.00. The summed E-state index contributed by atoms with van der Waals surface area (Å²) < 4.78 is 0. The Kier molecular flexibility index (Phi) is 1.33. The molecule has 0 radical (unpaired) electrons. The molecule has 1 saturated carbocycles. The molecule has 2 heteroatoms. The quantitative estimate of drug-likeness (QED) is 0.539. The van der Waals surface area contributed by atoms with Crippen LogP contribution in [-0.4, -0.2) is 12.1 Å². The zero-order valence-corrected chi connectivity index (χ0v) is 6.28. The molecule has 0 bridgehead atoms. The Morgan fingerprint density at radius 2 is 1.78 bits per heavy atom. The van der Waals surface area contributed by atoms with Crippen LogP contribution in [0, 0.1) is 5.41 Å². The van der Waals surface area contributed by atoms with E-state index in [1.165, 1.54) is 0 Å². The van der Waals surface area contributed by atoms with Crippen molar-refractivity contribution in [3.63, 3.8) is 0 Å². The molecule has 2 nitrogen and oxygen atoms in total. The molecule has 1 aliphatic rings. The maximum Gasteiger partial charge on any atom is 0.0288 e. The highest BCUT2D eigenvalue weighted by molar-refractivity contribution is 5.03. The number of nitrogens with two attached hydrogens (primary N) is 2. The van der Waals surface area contributed by atoms with E-state index in [1.54, 1.807) is 0 Å². The topological polar surface area (TPSA) is 52.0 Å². The second-order valence-electron chi connectivity index (χ2n) is 4.08. The molecule has 0 saturated heterocycles. The molecule has 4 N–H and O–H groups in total. The predicted molar refractivity (Wildman–Crippen MR) is 39.0 cm³/mol. The van der Waals surface area contributed by atoms with Gasteiger partial charge in [0, 0.05) is 12.1 Å². The van der Waals surface area contributed by atoms with E-state index in [0.29, 0.717) is 12.0 Å². The largest absolute Gasteiger partial charge is 0.329 e. The summed E-state index contributed by atoms with van der Waals surface area (Å²) in [6, 6.07) is 0. The SMILES string of the molecule is CC1(C)CC(N)(CN)C1. The van der Waals surface area contributed by atoms with Crippen LogP contribution in [0.1, 0.15) is 26.7 Å². The van der Waals surface area contributed by atoms with Gasteiger partial charge in [-0.2, -0.15) is 0 Å². The van der Waals surface area contributed by atoms with Gasteiger partial charge in [0.05, 0.1) is 0 Å². The normalized spacial score (nSPS) is 29.3. The molecule has 1 fully saturated rings. The summed E-state index contributed by atoms with van der Waals surface area (Å²) in [5.74, 6) is 0. The first-order valence-corrected chi connectivity index (χ1v) is 3.46. The minimum atomic E-state index is -0.0243. The Morgan fingerprint density at radius 3 is 1.89 bits per heavy atom. The van der Waals surface area contributed by atoms with E-state index >= 15 is 0 Å². The van der Waals surface area contributed by atoms with Crippen molar-refractivity contribution < 1.29 is 0 Å². The molecule has 0 aliphatic heterocycles. The van der Waals surface area contributed by atoms with Crippen molar-refractivity contribution in [2.45, 2.75) is 32.2 Å². The van der Waals surface area contributed by atoms with E-state index in [2.05, 4.69) is 13.8 Å². The Hall–Kier alpha value is -0.0800. The lowest BCUT2D eigenvalue weighted by molar-refractivity contribution is 0.0705. The summed E-state index contributed by atoms with van der Waals surface area (Å²) in [4.78, 5) is 0. The van der Waals surface area contributed by atoms with Crippen molar-refractivity contribution in [2.24, 2.45) is 16.9 Å². The van der Waals surface area contributed by atoms with Crippen LogP contribution in [0.4, 0.5) is 0 Å². The van der Waals surface area contributed by atoms with Crippen LogP contribution in [-0.2, 0) is 0 Å². The highest BCUT2D eigenvalue weighted by Gasteiger charge is 2.45. The van der Waals surface area contributed by atoms with E-state index in [4.69, 9.17) is 11.5 Å². The van der Waals surface area contributed by atoms with E-state index in [-0.39, 0.29) is 5.54 Å². The summed E-state index contributed by atoms with van der Waals surface area (Å²) in [5.41, 5.74) is 11.7. The van der Waals surface area contributed by atoms with Crippen LogP contribution >= 0.6 is 0 Å². The third kappa shape index (κ3) is 1.25.